The summed E-state index contributed by atoms with van der Waals surface area (Å²) in [5.41, 5.74) is 13.4. The minimum Gasteiger partial charge on any atom is -0.399 e. The van der Waals surface area contributed by atoms with Crippen molar-refractivity contribution in [3.05, 3.63) is 82.2 Å². The summed E-state index contributed by atoms with van der Waals surface area (Å²) in [6.45, 7) is 7.58. The molecule has 0 spiro atoms. The second kappa shape index (κ2) is 9.41. The van der Waals surface area contributed by atoms with E-state index < -0.39 is 0 Å². The van der Waals surface area contributed by atoms with E-state index in [9.17, 15) is 4.79 Å². The van der Waals surface area contributed by atoms with Crippen LogP contribution in [0.4, 0.5) is 5.69 Å². The van der Waals surface area contributed by atoms with Crippen molar-refractivity contribution in [1.29, 1.82) is 0 Å². The summed E-state index contributed by atoms with van der Waals surface area (Å²) in [7, 11) is 0. The standard InChI is InChI=1S/C24H30N4O/c1-17-4-6-21(7-5-17)16-28-19(3)23(18(2)27-28)12-13-24(29)26-15-14-20-8-10-22(25)11-9-20/h4-11H,12-16,25H2,1-3H3,(H,26,29). The number of benzene rings is 2. The number of nitrogen functional groups attached to an aromatic ring is 1. The molecular weight excluding hydrogens is 360 g/mol. The number of aromatic nitrogens is 2. The van der Waals surface area contributed by atoms with Crippen LogP contribution in [0.1, 0.15) is 40.1 Å². The Balaban J connectivity index is 1.50. The highest BCUT2D eigenvalue weighted by molar-refractivity contribution is 5.76. The molecule has 0 bridgehead atoms. The van der Waals surface area contributed by atoms with Crippen LogP contribution in [0.3, 0.4) is 0 Å². The van der Waals surface area contributed by atoms with Gasteiger partial charge in [0.1, 0.15) is 0 Å². The van der Waals surface area contributed by atoms with Crippen LogP contribution in [0.15, 0.2) is 48.5 Å². The number of amides is 1. The van der Waals surface area contributed by atoms with Crippen LogP contribution in [-0.4, -0.2) is 22.2 Å². The van der Waals surface area contributed by atoms with Crippen LogP contribution in [0.2, 0.25) is 0 Å². The van der Waals surface area contributed by atoms with Gasteiger partial charge in [0, 0.05) is 24.3 Å². The molecule has 0 aliphatic rings. The molecule has 5 nitrogen and oxygen atoms in total. The summed E-state index contributed by atoms with van der Waals surface area (Å²) in [5.74, 6) is 0.0746. The molecule has 0 saturated carbocycles. The van der Waals surface area contributed by atoms with E-state index in [4.69, 9.17) is 5.73 Å². The Morgan fingerprint density at radius 2 is 1.62 bits per heavy atom. The number of anilines is 1. The van der Waals surface area contributed by atoms with Gasteiger partial charge in [-0.25, -0.2) is 0 Å². The fourth-order valence-electron chi connectivity index (χ4n) is 3.47. The zero-order valence-electron chi connectivity index (χ0n) is 17.5. The first kappa shape index (κ1) is 20.6. The predicted octanol–water partition coefficient (Wildman–Crippen LogP) is 3.73. The molecule has 3 aromatic rings. The minimum atomic E-state index is 0.0746. The fraction of sp³-hybridized carbons (Fsp3) is 0.333. The number of nitrogens with two attached hydrogens (primary N) is 1. The number of nitrogens with one attached hydrogen (secondary N) is 1. The van der Waals surface area contributed by atoms with Crippen LogP contribution in [0.5, 0.6) is 0 Å². The lowest BCUT2D eigenvalue weighted by Gasteiger charge is -2.08. The Morgan fingerprint density at radius 1 is 0.966 bits per heavy atom. The van der Waals surface area contributed by atoms with Gasteiger partial charge in [-0.05, 0) is 62.4 Å². The van der Waals surface area contributed by atoms with Crippen LogP contribution in [0, 0.1) is 20.8 Å². The quantitative estimate of drug-likeness (QED) is 0.576. The van der Waals surface area contributed by atoms with Crippen molar-refractivity contribution in [3.63, 3.8) is 0 Å². The fourth-order valence-corrected chi connectivity index (χ4v) is 3.47. The molecule has 0 fully saturated rings. The van der Waals surface area contributed by atoms with Gasteiger partial charge in [0.05, 0.1) is 12.2 Å². The largest absolute Gasteiger partial charge is 0.399 e. The Labute approximate surface area is 172 Å². The van der Waals surface area contributed by atoms with Crippen molar-refractivity contribution in [2.75, 3.05) is 12.3 Å². The van der Waals surface area contributed by atoms with E-state index in [0.717, 1.165) is 30.0 Å². The molecule has 0 saturated heterocycles. The molecule has 152 valence electrons. The second-order valence-corrected chi connectivity index (χ2v) is 7.63. The van der Waals surface area contributed by atoms with Gasteiger partial charge in [0.2, 0.25) is 5.91 Å². The normalized spacial score (nSPS) is 10.9. The monoisotopic (exact) mass is 390 g/mol. The number of hydrogen-bond donors (Lipinski definition) is 2. The first-order valence-corrected chi connectivity index (χ1v) is 10.1. The Morgan fingerprint density at radius 3 is 2.31 bits per heavy atom. The van der Waals surface area contributed by atoms with Crippen molar-refractivity contribution in [3.8, 4) is 0 Å². The summed E-state index contributed by atoms with van der Waals surface area (Å²) in [6.07, 6.45) is 1.98. The molecule has 5 heteroatoms. The SMILES string of the molecule is Cc1ccc(Cn2nc(C)c(CCC(=O)NCCc3ccc(N)cc3)c2C)cc1. The lowest BCUT2D eigenvalue weighted by atomic mass is 10.1. The zero-order chi connectivity index (χ0) is 20.8. The Hall–Kier alpha value is -3.08. The molecule has 0 aliphatic carbocycles. The number of nitrogens with zero attached hydrogens (tertiary/aromatic N) is 2. The number of carbonyl (C=O) groups excluding carboxylic acids is 1. The van der Waals surface area contributed by atoms with Crippen molar-refractivity contribution in [2.24, 2.45) is 0 Å². The maximum Gasteiger partial charge on any atom is 0.220 e. The summed E-state index contributed by atoms with van der Waals surface area (Å²) >= 11 is 0. The van der Waals surface area contributed by atoms with Crippen LogP contribution in [0.25, 0.3) is 0 Å². The third-order valence-electron chi connectivity index (χ3n) is 5.30. The Kier molecular flexibility index (Phi) is 6.70. The second-order valence-electron chi connectivity index (χ2n) is 7.63. The van der Waals surface area contributed by atoms with E-state index in [1.165, 1.54) is 22.3 Å². The average molecular weight is 391 g/mol. The van der Waals surface area contributed by atoms with Gasteiger partial charge < -0.3 is 11.1 Å². The summed E-state index contributed by atoms with van der Waals surface area (Å²) < 4.78 is 2.04. The highest BCUT2D eigenvalue weighted by Gasteiger charge is 2.13. The van der Waals surface area contributed by atoms with Gasteiger partial charge in [-0.3, -0.25) is 9.48 Å². The topological polar surface area (TPSA) is 72.9 Å². The molecular formula is C24H30N4O. The van der Waals surface area contributed by atoms with E-state index >= 15 is 0 Å². The van der Waals surface area contributed by atoms with Crippen molar-refractivity contribution < 1.29 is 4.79 Å². The van der Waals surface area contributed by atoms with E-state index in [1.54, 1.807) is 0 Å². The highest BCUT2D eigenvalue weighted by atomic mass is 16.1. The van der Waals surface area contributed by atoms with Crippen molar-refractivity contribution in [1.82, 2.24) is 15.1 Å². The zero-order valence-corrected chi connectivity index (χ0v) is 17.5. The van der Waals surface area contributed by atoms with Gasteiger partial charge in [0.25, 0.3) is 0 Å². The molecule has 0 radical (unpaired) electrons. The Bertz CT molecular complexity index is 956. The summed E-state index contributed by atoms with van der Waals surface area (Å²) in [6, 6.07) is 16.3. The third-order valence-corrected chi connectivity index (χ3v) is 5.30. The third kappa shape index (κ3) is 5.70. The maximum atomic E-state index is 12.3. The first-order chi connectivity index (χ1) is 13.9. The maximum absolute atomic E-state index is 12.3. The first-order valence-electron chi connectivity index (χ1n) is 10.1. The van der Waals surface area contributed by atoms with Gasteiger partial charge in [-0.2, -0.15) is 5.10 Å². The van der Waals surface area contributed by atoms with Gasteiger partial charge in [-0.1, -0.05) is 42.0 Å². The molecule has 3 N–H and O–H groups in total. The van der Waals surface area contributed by atoms with Crippen LogP contribution < -0.4 is 11.1 Å². The molecule has 0 unspecified atom stereocenters. The predicted molar refractivity (Wildman–Crippen MR) is 118 cm³/mol. The molecule has 0 aliphatic heterocycles. The lowest BCUT2D eigenvalue weighted by Crippen LogP contribution is -2.26. The smallest absolute Gasteiger partial charge is 0.220 e. The lowest BCUT2D eigenvalue weighted by molar-refractivity contribution is -0.121. The highest BCUT2D eigenvalue weighted by Crippen LogP contribution is 2.17. The van der Waals surface area contributed by atoms with E-state index in [2.05, 4.69) is 48.5 Å². The molecule has 1 heterocycles. The van der Waals surface area contributed by atoms with Gasteiger partial charge in [-0.15, -0.1) is 0 Å². The van der Waals surface area contributed by atoms with E-state index in [-0.39, 0.29) is 5.91 Å². The molecule has 1 aromatic heterocycles. The molecule has 3 rings (SSSR count). The van der Waals surface area contributed by atoms with Crippen molar-refractivity contribution >= 4 is 11.6 Å². The number of carbonyl (C=O) groups is 1. The minimum absolute atomic E-state index is 0.0746. The number of hydrogen-bond acceptors (Lipinski definition) is 3. The van der Waals surface area contributed by atoms with Gasteiger partial charge in [0.15, 0.2) is 0 Å². The molecule has 29 heavy (non-hydrogen) atoms. The molecule has 2 aromatic carbocycles. The van der Waals surface area contributed by atoms with Gasteiger partial charge >= 0.3 is 0 Å². The average Bonchev–Trinajstić information content (AvgIpc) is 2.96. The van der Waals surface area contributed by atoms with E-state index in [1.807, 2.05) is 35.9 Å². The number of aryl methyl sites for hydroxylation is 2. The van der Waals surface area contributed by atoms with Crippen LogP contribution in [-0.2, 0) is 24.2 Å². The van der Waals surface area contributed by atoms with Crippen LogP contribution >= 0.6 is 0 Å². The summed E-state index contributed by atoms with van der Waals surface area (Å²) in [4.78, 5) is 12.3. The van der Waals surface area contributed by atoms with E-state index in [0.29, 0.717) is 19.4 Å². The number of rotatable bonds is 8. The molecule has 1 amide bonds. The molecule has 0 atom stereocenters. The summed E-state index contributed by atoms with van der Waals surface area (Å²) in [5, 5.41) is 7.70. The van der Waals surface area contributed by atoms with Crippen molar-refractivity contribution in [2.45, 2.75) is 46.6 Å².